The Bertz CT molecular complexity index is 99.1. The SMILES string of the molecule is C#CC(C#N)CC. The Labute approximate surface area is 44.0 Å². The van der Waals surface area contributed by atoms with E-state index in [-0.39, 0.29) is 5.92 Å². The molecule has 0 saturated carbocycles. The molecule has 0 aromatic heterocycles. The van der Waals surface area contributed by atoms with Crippen LogP contribution in [0.3, 0.4) is 0 Å². The molecule has 1 heteroatoms. The van der Waals surface area contributed by atoms with Crippen molar-refractivity contribution in [3.8, 4) is 18.4 Å². The van der Waals surface area contributed by atoms with Gasteiger partial charge in [0.25, 0.3) is 0 Å². The molecule has 1 nitrogen and oxygen atoms in total. The highest BCUT2D eigenvalue weighted by Crippen LogP contribution is 1.94. The molecule has 0 amide bonds. The van der Waals surface area contributed by atoms with Crippen molar-refractivity contribution in [3.63, 3.8) is 0 Å². The summed E-state index contributed by atoms with van der Waals surface area (Å²) in [5.41, 5.74) is 0. The summed E-state index contributed by atoms with van der Waals surface area (Å²) in [7, 11) is 0. The van der Waals surface area contributed by atoms with Crippen LogP contribution in [0.4, 0.5) is 0 Å². The van der Waals surface area contributed by atoms with Crippen LogP contribution >= 0.6 is 0 Å². The molecule has 0 bridgehead atoms. The molecule has 0 N–H and O–H groups in total. The molecule has 0 aliphatic rings. The van der Waals surface area contributed by atoms with Gasteiger partial charge in [-0.05, 0) is 6.42 Å². The number of nitriles is 1. The van der Waals surface area contributed by atoms with Crippen LogP contribution in [0.1, 0.15) is 13.3 Å². The van der Waals surface area contributed by atoms with Gasteiger partial charge in [0, 0.05) is 0 Å². The molecule has 0 saturated heterocycles. The van der Waals surface area contributed by atoms with E-state index in [1.54, 1.807) is 0 Å². The standard InChI is InChI=1S/C6H7N/c1-3-6(4-2)5-7/h1,6H,4H2,2H3. The fraction of sp³-hybridized carbons (Fsp3) is 0.500. The van der Waals surface area contributed by atoms with Crippen molar-refractivity contribution in [3.05, 3.63) is 0 Å². The minimum Gasteiger partial charge on any atom is -0.197 e. The van der Waals surface area contributed by atoms with E-state index in [1.165, 1.54) is 0 Å². The van der Waals surface area contributed by atoms with Gasteiger partial charge in [0.15, 0.2) is 0 Å². The molecule has 7 heavy (non-hydrogen) atoms. The van der Waals surface area contributed by atoms with E-state index < -0.39 is 0 Å². The van der Waals surface area contributed by atoms with Crippen molar-refractivity contribution in [1.29, 1.82) is 5.26 Å². The van der Waals surface area contributed by atoms with Gasteiger partial charge >= 0.3 is 0 Å². The molecule has 0 aliphatic carbocycles. The summed E-state index contributed by atoms with van der Waals surface area (Å²) in [6.07, 6.45) is 5.68. The lowest BCUT2D eigenvalue weighted by Gasteiger charge is -1.87. The molecule has 0 rings (SSSR count). The maximum absolute atomic E-state index is 8.13. The average Bonchev–Trinajstić information content (AvgIpc) is 1.72. The molecule has 0 heterocycles. The van der Waals surface area contributed by atoms with Crippen LogP contribution in [0.15, 0.2) is 0 Å². The van der Waals surface area contributed by atoms with Crippen molar-refractivity contribution in [1.82, 2.24) is 0 Å². The summed E-state index contributed by atoms with van der Waals surface area (Å²) in [5, 5.41) is 8.13. The summed E-state index contributed by atoms with van der Waals surface area (Å²) < 4.78 is 0. The fourth-order valence-electron chi connectivity index (χ4n) is 0.246. The summed E-state index contributed by atoms with van der Waals surface area (Å²) >= 11 is 0. The average molecular weight is 93.1 g/mol. The number of hydrogen-bond donors (Lipinski definition) is 0. The van der Waals surface area contributed by atoms with Gasteiger partial charge < -0.3 is 0 Å². The van der Waals surface area contributed by atoms with Crippen LogP contribution in [-0.2, 0) is 0 Å². The van der Waals surface area contributed by atoms with Crippen LogP contribution in [-0.4, -0.2) is 0 Å². The minimum absolute atomic E-state index is 0.181. The number of rotatable bonds is 1. The predicted octanol–water partition coefficient (Wildman–Crippen LogP) is 1.17. The molecule has 0 radical (unpaired) electrons. The highest BCUT2D eigenvalue weighted by molar-refractivity contribution is 5.03. The zero-order valence-corrected chi connectivity index (χ0v) is 4.31. The van der Waals surface area contributed by atoms with Crippen LogP contribution < -0.4 is 0 Å². The minimum atomic E-state index is -0.181. The Morgan fingerprint density at radius 3 is 2.43 bits per heavy atom. The van der Waals surface area contributed by atoms with Crippen molar-refractivity contribution in [2.45, 2.75) is 13.3 Å². The fourth-order valence-corrected chi connectivity index (χ4v) is 0.246. The van der Waals surface area contributed by atoms with E-state index in [0.717, 1.165) is 6.42 Å². The molecule has 36 valence electrons. The van der Waals surface area contributed by atoms with Gasteiger partial charge in [-0.1, -0.05) is 12.8 Å². The van der Waals surface area contributed by atoms with Gasteiger partial charge in [-0.3, -0.25) is 0 Å². The molecule has 0 aromatic rings. The van der Waals surface area contributed by atoms with E-state index in [1.807, 2.05) is 13.0 Å². The third-order valence-electron chi connectivity index (χ3n) is 0.765. The third kappa shape index (κ3) is 1.84. The topological polar surface area (TPSA) is 23.8 Å². The van der Waals surface area contributed by atoms with E-state index >= 15 is 0 Å². The predicted molar refractivity (Wildman–Crippen MR) is 28.2 cm³/mol. The van der Waals surface area contributed by atoms with Gasteiger partial charge in [-0.25, -0.2) is 0 Å². The van der Waals surface area contributed by atoms with Gasteiger partial charge in [-0.15, -0.1) is 6.42 Å². The van der Waals surface area contributed by atoms with Crippen molar-refractivity contribution in [2.75, 3.05) is 0 Å². The van der Waals surface area contributed by atoms with E-state index in [0.29, 0.717) is 0 Å². The summed E-state index contributed by atoms with van der Waals surface area (Å²) in [6, 6.07) is 1.97. The second-order valence-corrected chi connectivity index (χ2v) is 1.26. The Morgan fingerprint density at radius 1 is 1.86 bits per heavy atom. The van der Waals surface area contributed by atoms with E-state index in [9.17, 15) is 0 Å². The smallest absolute Gasteiger partial charge is 0.107 e. The summed E-state index contributed by atoms with van der Waals surface area (Å²) in [6.45, 7) is 1.90. The Balaban J connectivity index is 3.50. The van der Waals surface area contributed by atoms with Gasteiger partial charge in [0.05, 0.1) is 6.07 Å². The van der Waals surface area contributed by atoms with Crippen LogP contribution in [0.2, 0.25) is 0 Å². The van der Waals surface area contributed by atoms with Crippen LogP contribution in [0.25, 0.3) is 0 Å². The molecule has 0 fully saturated rings. The number of hydrogen-bond acceptors (Lipinski definition) is 1. The highest BCUT2D eigenvalue weighted by Gasteiger charge is 1.93. The van der Waals surface area contributed by atoms with E-state index in [4.69, 9.17) is 11.7 Å². The maximum Gasteiger partial charge on any atom is 0.107 e. The monoisotopic (exact) mass is 93.1 g/mol. The van der Waals surface area contributed by atoms with Gasteiger partial charge in [0.1, 0.15) is 5.92 Å². The van der Waals surface area contributed by atoms with Crippen molar-refractivity contribution < 1.29 is 0 Å². The Kier molecular flexibility index (Phi) is 2.81. The first-order valence-electron chi connectivity index (χ1n) is 2.20. The van der Waals surface area contributed by atoms with Crippen LogP contribution in [0, 0.1) is 29.6 Å². The molecular formula is C6H7N. The zero-order chi connectivity index (χ0) is 5.70. The lowest BCUT2D eigenvalue weighted by Crippen LogP contribution is -1.86. The summed E-state index contributed by atoms with van der Waals surface area (Å²) in [4.78, 5) is 0. The molecule has 0 aliphatic heterocycles. The first kappa shape index (κ1) is 6.05. The lowest BCUT2D eigenvalue weighted by molar-refractivity contribution is 0.815. The molecule has 0 aromatic carbocycles. The highest BCUT2D eigenvalue weighted by atomic mass is 14.2. The second-order valence-electron chi connectivity index (χ2n) is 1.26. The Hall–Kier alpha value is -0.950. The summed E-state index contributed by atoms with van der Waals surface area (Å²) in [5.74, 6) is 2.16. The van der Waals surface area contributed by atoms with Gasteiger partial charge in [0.2, 0.25) is 0 Å². The number of nitrogens with zero attached hydrogens (tertiary/aromatic N) is 1. The van der Waals surface area contributed by atoms with Crippen molar-refractivity contribution in [2.24, 2.45) is 5.92 Å². The third-order valence-corrected chi connectivity index (χ3v) is 0.765. The van der Waals surface area contributed by atoms with Crippen LogP contribution in [0.5, 0.6) is 0 Å². The zero-order valence-electron chi connectivity index (χ0n) is 4.31. The molecule has 0 spiro atoms. The quantitative estimate of drug-likeness (QED) is 0.446. The van der Waals surface area contributed by atoms with E-state index in [2.05, 4.69) is 5.92 Å². The molecule has 1 unspecified atom stereocenters. The normalized spacial score (nSPS) is 11.3. The second kappa shape index (κ2) is 3.25. The maximum atomic E-state index is 8.13. The first-order valence-corrected chi connectivity index (χ1v) is 2.20. The first-order chi connectivity index (χ1) is 3.35. The van der Waals surface area contributed by atoms with Crippen molar-refractivity contribution >= 4 is 0 Å². The van der Waals surface area contributed by atoms with Gasteiger partial charge in [-0.2, -0.15) is 5.26 Å². The molecule has 1 atom stereocenters. The Morgan fingerprint density at radius 2 is 2.43 bits per heavy atom. The lowest BCUT2D eigenvalue weighted by atomic mass is 10.1. The largest absolute Gasteiger partial charge is 0.197 e. The number of terminal acetylenes is 1. The molecular weight excluding hydrogens is 86.1 g/mol.